The van der Waals surface area contributed by atoms with Crippen LogP contribution < -0.4 is 0 Å². The number of pyridine rings is 1. The van der Waals surface area contributed by atoms with Crippen LogP contribution in [0.15, 0.2) is 164 Å². The molecule has 2 aliphatic rings. The Bertz CT molecular complexity index is 3300. The molecule has 2 aromatic heterocycles. The smallest absolute Gasteiger partial charge is 0.165 e. The predicted octanol–water partition coefficient (Wildman–Crippen LogP) is 17.0. The fourth-order valence-electron chi connectivity index (χ4n) is 11.1. The van der Waals surface area contributed by atoms with Crippen molar-refractivity contribution in [2.24, 2.45) is 0 Å². The van der Waals surface area contributed by atoms with Crippen molar-refractivity contribution in [1.29, 1.82) is 0 Å². The number of hydrogen-bond donors (Lipinski definition) is 0. The van der Waals surface area contributed by atoms with Gasteiger partial charge in [0.15, 0.2) is 17.5 Å². The van der Waals surface area contributed by atoms with E-state index in [-0.39, 0.29) is 30.9 Å². The molecule has 0 bridgehead atoms. The quantitative estimate of drug-likeness (QED) is 0.121. The molecule has 1 spiro atoms. The number of aromatic nitrogens is 4. The first-order valence-electron chi connectivity index (χ1n) is 25.8. The second-order valence-corrected chi connectivity index (χ2v) is 21.9. The monoisotopic (exact) mass is 1120 g/mol. The van der Waals surface area contributed by atoms with E-state index in [1.54, 1.807) is 0 Å². The fraction of sp³-hybridized carbons (Fsp3) is 0.254. The van der Waals surface area contributed by atoms with Crippen molar-refractivity contribution in [2.75, 3.05) is 0 Å². The van der Waals surface area contributed by atoms with E-state index < -0.39 is 5.41 Å². The van der Waals surface area contributed by atoms with E-state index in [1.807, 2.05) is 6.20 Å². The van der Waals surface area contributed by atoms with Crippen molar-refractivity contribution >= 4 is 0 Å². The van der Waals surface area contributed by atoms with E-state index >= 15 is 0 Å². The van der Waals surface area contributed by atoms with Gasteiger partial charge in [-0.15, -0.1) is 29.3 Å². The average Bonchev–Trinajstić information content (AvgIpc) is 3.86. The number of benzene rings is 7. The second-order valence-electron chi connectivity index (χ2n) is 21.9. The van der Waals surface area contributed by atoms with Gasteiger partial charge in [-0.1, -0.05) is 219 Å². The fourth-order valence-corrected chi connectivity index (χ4v) is 11.1. The van der Waals surface area contributed by atoms with Crippen molar-refractivity contribution < 1.29 is 20.1 Å². The molecule has 2 aliphatic carbocycles. The minimum absolute atomic E-state index is 0. The minimum Gasteiger partial charge on any atom is -0.304 e. The van der Waals surface area contributed by atoms with Crippen LogP contribution in [0.25, 0.3) is 78.8 Å². The van der Waals surface area contributed by atoms with E-state index in [1.165, 1.54) is 104 Å². The molecule has 72 heavy (non-hydrogen) atoms. The predicted molar refractivity (Wildman–Crippen MR) is 295 cm³/mol. The average molecular weight is 1120 g/mol. The molecule has 0 N–H and O–H groups in total. The zero-order valence-electron chi connectivity index (χ0n) is 43.0. The summed E-state index contributed by atoms with van der Waals surface area (Å²) in [5, 5.41) is 0. The van der Waals surface area contributed by atoms with Crippen molar-refractivity contribution in [3.05, 3.63) is 214 Å². The van der Waals surface area contributed by atoms with Crippen molar-refractivity contribution in [1.82, 2.24) is 19.9 Å². The van der Waals surface area contributed by atoms with Crippen LogP contribution in [0.3, 0.4) is 0 Å². The zero-order chi connectivity index (χ0) is 49.1. The van der Waals surface area contributed by atoms with E-state index in [0.717, 1.165) is 40.8 Å². The summed E-state index contributed by atoms with van der Waals surface area (Å²) in [6.07, 6.45) is 8.89. The van der Waals surface area contributed by atoms with Crippen LogP contribution >= 0.6 is 0 Å². The van der Waals surface area contributed by atoms with Crippen LogP contribution in [0, 0.1) is 6.07 Å². The largest absolute Gasteiger partial charge is 0.304 e. The Balaban J connectivity index is 0.00000596. The van der Waals surface area contributed by atoms with Crippen molar-refractivity contribution in [3.63, 3.8) is 0 Å². The van der Waals surface area contributed by atoms with Crippen LogP contribution in [-0.4, -0.2) is 19.9 Å². The summed E-state index contributed by atoms with van der Waals surface area (Å²) in [5.74, 6) is 1.85. The normalized spacial score (nSPS) is 13.1. The van der Waals surface area contributed by atoms with Gasteiger partial charge < -0.3 is 4.98 Å². The molecule has 0 amide bonds. The molecule has 0 aliphatic heterocycles. The minimum atomic E-state index is -0.517. The molecule has 0 fully saturated rings. The Morgan fingerprint density at radius 2 is 0.917 bits per heavy atom. The Morgan fingerprint density at radius 1 is 0.444 bits per heavy atom. The Morgan fingerprint density at radius 3 is 1.42 bits per heavy atom. The van der Waals surface area contributed by atoms with E-state index in [2.05, 4.69) is 219 Å². The van der Waals surface area contributed by atoms with E-state index in [9.17, 15) is 0 Å². The number of aryl methyl sites for hydroxylation is 2. The summed E-state index contributed by atoms with van der Waals surface area (Å²) in [4.78, 5) is 20.4. The summed E-state index contributed by atoms with van der Waals surface area (Å²) < 4.78 is 0. The molecule has 2 heterocycles. The van der Waals surface area contributed by atoms with Crippen LogP contribution in [-0.2, 0) is 49.2 Å². The molecular weight excluding hydrogens is 1050 g/mol. The van der Waals surface area contributed by atoms with Gasteiger partial charge in [0.2, 0.25) is 0 Å². The maximum absolute atomic E-state index is 5.17. The molecule has 0 atom stereocenters. The first-order chi connectivity index (χ1) is 34.3. The van der Waals surface area contributed by atoms with Crippen LogP contribution in [0.4, 0.5) is 0 Å². The topological polar surface area (TPSA) is 51.6 Å². The molecular formula is C67H63IrN4-. The SMILES string of the molecule is CCCCc1cc(CCCC)cc(-c2ccc3c(c2)C2(c4ccccc4-c4ccccc42)c2cc(-c4ccc(-c5nc(-c6ccc(C(C)(C)C)cc6)nc(-c6ccc(C(C)(C)C)cc6)n5)cn4)[c-]cc2-3)c1.[Ir]. The van der Waals surface area contributed by atoms with Crippen LogP contribution in [0.5, 0.6) is 0 Å². The molecule has 11 rings (SSSR count). The summed E-state index contributed by atoms with van der Waals surface area (Å²) in [6, 6.07) is 62.4. The van der Waals surface area contributed by atoms with Crippen LogP contribution in [0.1, 0.15) is 126 Å². The van der Waals surface area contributed by atoms with Crippen molar-refractivity contribution in [2.45, 2.75) is 110 Å². The number of hydrogen-bond acceptors (Lipinski definition) is 4. The maximum Gasteiger partial charge on any atom is 0.165 e. The number of unbranched alkanes of at least 4 members (excludes halogenated alkanes) is 2. The summed E-state index contributed by atoms with van der Waals surface area (Å²) >= 11 is 0. The zero-order valence-corrected chi connectivity index (χ0v) is 45.3. The molecule has 5 heteroatoms. The number of nitrogens with zero attached hydrogens (tertiary/aromatic N) is 4. The molecule has 1 radical (unpaired) electrons. The molecule has 0 saturated heterocycles. The number of fused-ring (bicyclic) bond motifs is 10. The summed E-state index contributed by atoms with van der Waals surface area (Å²) in [7, 11) is 0. The third kappa shape index (κ3) is 8.79. The third-order valence-corrected chi connectivity index (χ3v) is 15.0. The van der Waals surface area contributed by atoms with Gasteiger partial charge in [0.25, 0.3) is 0 Å². The Hall–Kier alpha value is -6.65. The standard InChI is InChI=1S/C67H63N4.Ir/c1-9-11-17-43-37-44(18-12-10-2)39-50(38-43)47-27-34-55-56-35-28-48(41-60(56)67(59(55)40-47)57-21-15-13-19-53(57)54-20-14-16-22-58(54)67)61-36-29-49(42-68-61)64-70-62(45-23-30-51(31-24-45)65(3,4)5)69-63(71-64)46-25-32-52(33-26-46)66(6,7)8;/h13-16,19-27,29-42H,9-12,17-18H2,1-8H3;/q-1;. The molecule has 4 nitrogen and oxygen atoms in total. The summed E-state index contributed by atoms with van der Waals surface area (Å²) in [5.41, 5.74) is 22.3. The molecule has 7 aromatic carbocycles. The van der Waals surface area contributed by atoms with Crippen LogP contribution in [0.2, 0.25) is 0 Å². The Kier molecular flexibility index (Phi) is 13.2. The van der Waals surface area contributed by atoms with Gasteiger partial charge >= 0.3 is 0 Å². The van der Waals surface area contributed by atoms with E-state index in [4.69, 9.17) is 19.9 Å². The van der Waals surface area contributed by atoms with Gasteiger partial charge in [0, 0.05) is 43.0 Å². The molecule has 0 saturated carbocycles. The van der Waals surface area contributed by atoms with Gasteiger partial charge in [-0.25, -0.2) is 15.0 Å². The van der Waals surface area contributed by atoms with Crippen molar-refractivity contribution in [3.8, 4) is 78.8 Å². The van der Waals surface area contributed by atoms with E-state index in [0.29, 0.717) is 17.5 Å². The summed E-state index contributed by atoms with van der Waals surface area (Å²) in [6.45, 7) is 18.0. The first kappa shape index (κ1) is 49.0. The second kappa shape index (κ2) is 19.4. The third-order valence-electron chi connectivity index (χ3n) is 15.0. The molecule has 361 valence electrons. The molecule has 9 aromatic rings. The van der Waals surface area contributed by atoms with Gasteiger partial charge in [-0.3, -0.25) is 0 Å². The van der Waals surface area contributed by atoms with Gasteiger partial charge in [-0.05, 0) is 109 Å². The first-order valence-corrected chi connectivity index (χ1v) is 25.8. The van der Waals surface area contributed by atoms with Gasteiger partial charge in [-0.2, -0.15) is 0 Å². The molecule has 0 unspecified atom stereocenters. The Labute approximate surface area is 440 Å². The number of rotatable bonds is 11. The van der Waals surface area contributed by atoms with Gasteiger partial charge in [0.05, 0.1) is 5.41 Å². The van der Waals surface area contributed by atoms with Gasteiger partial charge in [0.1, 0.15) is 0 Å². The maximum atomic E-state index is 5.17.